The van der Waals surface area contributed by atoms with Crippen LogP contribution < -0.4 is 0 Å². The highest BCUT2D eigenvalue weighted by Gasteiger charge is 2.10. The minimum absolute atomic E-state index is 0.448. The van der Waals surface area contributed by atoms with Crippen molar-refractivity contribution in [1.29, 1.82) is 0 Å². The van der Waals surface area contributed by atoms with Crippen LogP contribution in [0.4, 0.5) is 0 Å². The van der Waals surface area contributed by atoms with Crippen LogP contribution >= 0.6 is 11.6 Å². The van der Waals surface area contributed by atoms with Crippen LogP contribution in [-0.4, -0.2) is 10.1 Å². The largest absolute Gasteiger partial charge is 0.388 e. The Hall–Kier alpha value is -0.600. The summed E-state index contributed by atoms with van der Waals surface area (Å²) in [5.74, 6) is 0. The number of aliphatic hydroxyl groups excluding tert-OH is 1. The average molecular weight is 256 g/mol. The molecule has 1 atom stereocenters. The van der Waals surface area contributed by atoms with Crippen LogP contribution in [0.1, 0.15) is 63.5 Å². The van der Waals surface area contributed by atoms with Crippen LogP contribution in [0.2, 0.25) is 5.02 Å². The molecule has 3 heteroatoms. The van der Waals surface area contributed by atoms with Crippen LogP contribution in [0.15, 0.2) is 18.5 Å². The van der Waals surface area contributed by atoms with E-state index in [0.717, 1.165) is 18.4 Å². The summed E-state index contributed by atoms with van der Waals surface area (Å²) in [5, 5.41) is 10.6. The molecule has 1 aromatic rings. The van der Waals surface area contributed by atoms with E-state index in [1.807, 2.05) is 0 Å². The second kappa shape index (κ2) is 8.48. The Morgan fingerprint density at radius 3 is 2.65 bits per heavy atom. The summed E-state index contributed by atoms with van der Waals surface area (Å²) in [7, 11) is 0. The Morgan fingerprint density at radius 1 is 1.24 bits per heavy atom. The summed E-state index contributed by atoms with van der Waals surface area (Å²) in [6, 6.07) is 1.80. The second-order valence-corrected chi connectivity index (χ2v) is 4.88. The van der Waals surface area contributed by atoms with E-state index in [9.17, 15) is 5.11 Å². The molecular formula is C14H22ClNO. The lowest BCUT2D eigenvalue weighted by atomic mass is 10.0. The number of unbranched alkanes of at least 4 members (excludes halogenated alkanes) is 5. The molecule has 0 aromatic carbocycles. The molecule has 0 aliphatic heterocycles. The molecule has 0 saturated carbocycles. The van der Waals surface area contributed by atoms with Crippen molar-refractivity contribution in [2.24, 2.45) is 0 Å². The van der Waals surface area contributed by atoms with Crippen LogP contribution in [-0.2, 0) is 0 Å². The molecule has 17 heavy (non-hydrogen) atoms. The molecule has 0 fully saturated rings. The van der Waals surface area contributed by atoms with Crippen molar-refractivity contribution in [2.75, 3.05) is 0 Å². The monoisotopic (exact) mass is 255 g/mol. The van der Waals surface area contributed by atoms with Gasteiger partial charge in [0.25, 0.3) is 0 Å². The number of nitrogens with zero attached hydrogens (tertiary/aromatic N) is 1. The fourth-order valence-corrected chi connectivity index (χ4v) is 2.17. The van der Waals surface area contributed by atoms with Gasteiger partial charge in [0.2, 0.25) is 0 Å². The van der Waals surface area contributed by atoms with Gasteiger partial charge in [0.05, 0.1) is 11.1 Å². The van der Waals surface area contributed by atoms with Gasteiger partial charge in [0, 0.05) is 18.0 Å². The Kier molecular flexibility index (Phi) is 7.22. The van der Waals surface area contributed by atoms with Gasteiger partial charge in [-0.05, 0) is 12.5 Å². The Bertz CT molecular complexity index is 317. The predicted molar refractivity (Wildman–Crippen MR) is 72.2 cm³/mol. The maximum absolute atomic E-state index is 9.99. The highest BCUT2D eigenvalue weighted by Crippen LogP contribution is 2.25. The average Bonchev–Trinajstić information content (AvgIpc) is 2.34. The number of hydrogen-bond donors (Lipinski definition) is 1. The minimum Gasteiger partial charge on any atom is -0.388 e. The Balaban J connectivity index is 2.21. The fourth-order valence-electron chi connectivity index (χ4n) is 1.93. The molecule has 1 unspecified atom stereocenters. The van der Waals surface area contributed by atoms with Gasteiger partial charge in [-0.15, -0.1) is 0 Å². The number of pyridine rings is 1. The molecule has 1 heterocycles. The first-order chi connectivity index (χ1) is 8.25. The fraction of sp³-hybridized carbons (Fsp3) is 0.643. The molecular weight excluding hydrogens is 234 g/mol. The van der Waals surface area contributed by atoms with E-state index >= 15 is 0 Å². The first-order valence-corrected chi connectivity index (χ1v) is 6.91. The summed E-state index contributed by atoms with van der Waals surface area (Å²) in [6.07, 6.45) is 11.0. The first kappa shape index (κ1) is 14.5. The van der Waals surface area contributed by atoms with E-state index in [0.29, 0.717) is 5.02 Å². The van der Waals surface area contributed by atoms with Gasteiger partial charge < -0.3 is 5.11 Å². The molecule has 0 radical (unpaired) electrons. The van der Waals surface area contributed by atoms with Crippen molar-refractivity contribution in [3.63, 3.8) is 0 Å². The van der Waals surface area contributed by atoms with Gasteiger partial charge in [0.1, 0.15) is 0 Å². The van der Waals surface area contributed by atoms with Crippen molar-refractivity contribution in [1.82, 2.24) is 4.98 Å². The molecule has 0 bridgehead atoms. The lowest BCUT2D eigenvalue weighted by Gasteiger charge is -2.11. The SMILES string of the molecule is CCCCCCCCC(O)c1ccncc1Cl. The number of rotatable bonds is 8. The molecule has 1 aromatic heterocycles. The van der Waals surface area contributed by atoms with E-state index < -0.39 is 6.10 Å². The lowest BCUT2D eigenvalue weighted by Crippen LogP contribution is -1.98. The van der Waals surface area contributed by atoms with E-state index in [4.69, 9.17) is 11.6 Å². The lowest BCUT2D eigenvalue weighted by molar-refractivity contribution is 0.163. The standard InChI is InChI=1S/C14H22ClNO/c1-2-3-4-5-6-7-8-14(17)12-9-10-16-11-13(12)15/h9-11,14,17H,2-8H2,1H3. The highest BCUT2D eigenvalue weighted by atomic mass is 35.5. The number of halogens is 1. The van der Waals surface area contributed by atoms with Crippen LogP contribution in [0.25, 0.3) is 0 Å². The smallest absolute Gasteiger partial charge is 0.0805 e. The Morgan fingerprint density at radius 2 is 1.94 bits per heavy atom. The van der Waals surface area contributed by atoms with Crippen molar-refractivity contribution >= 4 is 11.6 Å². The topological polar surface area (TPSA) is 33.1 Å². The van der Waals surface area contributed by atoms with Gasteiger partial charge in [0.15, 0.2) is 0 Å². The predicted octanol–water partition coefficient (Wildman–Crippen LogP) is 4.52. The maximum Gasteiger partial charge on any atom is 0.0805 e. The van der Waals surface area contributed by atoms with Crippen LogP contribution in [0, 0.1) is 0 Å². The third-order valence-corrected chi connectivity index (χ3v) is 3.31. The molecule has 96 valence electrons. The van der Waals surface area contributed by atoms with Crippen molar-refractivity contribution < 1.29 is 5.11 Å². The van der Waals surface area contributed by atoms with Gasteiger partial charge in [-0.2, -0.15) is 0 Å². The van der Waals surface area contributed by atoms with Gasteiger partial charge >= 0.3 is 0 Å². The molecule has 0 aliphatic carbocycles. The molecule has 1 rings (SSSR count). The summed E-state index contributed by atoms with van der Waals surface area (Å²) in [6.45, 7) is 2.22. The quantitative estimate of drug-likeness (QED) is 0.693. The van der Waals surface area contributed by atoms with Gasteiger partial charge in [-0.3, -0.25) is 4.98 Å². The van der Waals surface area contributed by atoms with E-state index in [-0.39, 0.29) is 0 Å². The third-order valence-electron chi connectivity index (χ3n) is 2.99. The molecule has 0 amide bonds. The van der Waals surface area contributed by atoms with E-state index in [1.54, 1.807) is 18.5 Å². The van der Waals surface area contributed by atoms with Crippen LogP contribution in [0.5, 0.6) is 0 Å². The number of hydrogen-bond acceptors (Lipinski definition) is 2. The normalized spacial score (nSPS) is 12.6. The maximum atomic E-state index is 9.99. The zero-order chi connectivity index (χ0) is 12.5. The highest BCUT2D eigenvalue weighted by molar-refractivity contribution is 6.31. The van der Waals surface area contributed by atoms with Crippen LogP contribution in [0.3, 0.4) is 0 Å². The summed E-state index contributed by atoms with van der Waals surface area (Å²) < 4.78 is 0. The first-order valence-electron chi connectivity index (χ1n) is 6.53. The van der Waals surface area contributed by atoms with Crippen molar-refractivity contribution in [3.8, 4) is 0 Å². The summed E-state index contributed by atoms with van der Waals surface area (Å²) >= 11 is 5.98. The van der Waals surface area contributed by atoms with E-state index in [2.05, 4.69) is 11.9 Å². The zero-order valence-corrected chi connectivity index (χ0v) is 11.3. The Labute approximate surface area is 109 Å². The molecule has 0 saturated heterocycles. The van der Waals surface area contributed by atoms with E-state index in [1.165, 1.54) is 32.1 Å². The zero-order valence-electron chi connectivity index (χ0n) is 10.5. The van der Waals surface area contributed by atoms with Gasteiger partial charge in [-0.1, -0.05) is 57.0 Å². The molecule has 0 aliphatic rings. The number of aliphatic hydroxyl groups is 1. The second-order valence-electron chi connectivity index (χ2n) is 4.47. The number of aromatic nitrogens is 1. The molecule has 0 spiro atoms. The van der Waals surface area contributed by atoms with Crippen molar-refractivity contribution in [2.45, 2.75) is 58.0 Å². The summed E-state index contributed by atoms with van der Waals surface area (Å²) in [5.41, 5.74) is 0.801. The minimum atomic E-state index is -0.448. The third kappa shape index (κ3) is 5.51. The molecule has 2 nitrogen and oxygen atoms in total. The summed E-state index contributed by atoms with van der Waals surface area (Å²) in [4.78, 5) is 3.91. The van der Waals surface area contributed by atoms with Crippen molar-refractivity contribution in [3.05, 3.63) is 29.0 Å². The van der Waals surface area contributed by atoms with Gasteiger partial charge in [-0.25, -0.2) is 0 Å². The molecule has 1 N–H and O–H groups in total.